The number of hydrogen-bond acceptors (Lipinski definition) is 3. The minimum Gasteiger partial charge on any atom is -0.377 e. The normalized spacial score (nSPS) is 13.6. The smallest absolute Gasteiger partial charge is 0.0716 e. The molecular formula is C24H36N2O. The van der Waals surface area contributed by atoms with Crippen LogP contribution in [0, 0.1) is 5.92 Å². The van der Waals surface area contributed by atoms with E-state index in [1.54, 1.807) is 0 Å². The van der Waals surface area contributed by atoms with Crippen LogP contribution in [-0.2, 0) is 17.8 Å². The van der Waals surface area contributed by atoms with E-state index in [1.165, 1.54) is 11.1 Å². The van der Waals surface area contributed by atoms with Gasteiger partial charge in [-0.15, -0.1) is 0 Å². The minimum atomic E-state index is -0.211. The average Bonchev–Trinajstić information content (AvgIpc) is 2.66. The summed E-state index contributed by atoms with van der Waals surface area (Å²) in [7, 11) is 0. The van der Waals surface area contributed by atoms with Gasteiger partial charge >= 0.3 is 0 Å². The van der Waals surface area contributed by atoms with Crippen LogP contribution >= 0.6 is 0 Å². The van der Waals surface area contributed by atoms with Gasteiger partial charge in [-0.25, -0.2) is 0 Å². The van der Waals surface area contributed by atoms with E-state index in [2.05, 4.69) is 61.6 Å². The Morgan fingerprint density at radius 3 is 2.22 bits per heavy atom. The number of aryl methyl sites for hydroxylation is 1. The summed E-state index contributed by atoms with van der Waals surface area (Å²) in [6.45, 7) is 7.67. The second kappa shape index (κ2) is 11.9. The van der Waals surface area contributed by atoms with Gasteiger partial charge in [-0.2, -0.15) is 0 Å². The van der Waals surface area contributed by atoms with Gasteiger partial charge in [0.15, 0.2) is 0 Å². The van der Waals surface area contributed by atoms with Crippen LogP contribution in [-0.4, -0.2) is 25.2 Å². The Morgan fingerprint density at radius 1 is 0.963 bits per heavy atom. The molecule has 2 aromatic carbocycles. The first-order chi connectivity index (χ1) is 13.1. The summed E-state index contributed by atoms with van der Waals surface area (Å²) in [4.78, 5) is 0. The van der Waals surface area contributed by atoms with Gasteiger partial charge in [0.1, 0.15) is 0 Å². The van der Waals surface area contributed by atoms with Crippen molar-refractivity contribution in [2.45, 2.75) is 51.7 Å². The van der Waals surface area contributed by atoms with Crippen molar-refractivity contribution in [3.8, 4) is 0 Å². The predicted octanol–water partition coefficient (Wildman–Crippen LogP) is 4.56. The number of hydrogen-bond donors (Lipinski definition) is 2. The number of rotatable bonds is 13. The summed E-state index contributed by atoms with van der Waals surface area (Å²) in [5.41, 5.74) is 9.13. The lowest BCUT2D eigenvalue weighted by Gasteiger charge is -2.32. The quantitative estimate of drug-likeness (QED) is 0.510. The standard InChI is InChI=1S/C24H36N2O/c1-21(2)18-24(25,15-17-27-19-23-12-7-4-8-13-23)20-26-16-9-14-22-10-5-3-6-11-22/h3-8,10-13,21,26H,9,14-20,25H2,1-2H3. The van der Waals surface area contributed by atoms with Crippen molar-refractivity contribution in [2.75, 3.05) is 19.7 Å². The van der Waals surface area contributed by atoms with Gasteiger partial charge < -0.3 is 15.8 Å². The first kappa shape index (κ1) is 21.6. The molecule has 0 radical (unpaired) electrons. The zero-order valence-electron chi connectivity index (χ0n) is 17.0. The van der Waals surface area contributed by atoms with Gasteiger partial charge in [-0.05, 0) is 49.3 Å². The highest BCUT2D eigenvalue weighted by atomic mass is 16.5. The molecule has 2 aromatic rings. The maximum absolute atomic E-state index is 6.73. The summed E-state index contributed by atoms with van der Waals surface area (Å²) >= 11 is 0. The van der Waals surface area contributed by atoms with Crippen molar-refractivity contribution in [1.82, 2.24) is 5.32 Å². The van der Waals surface area contributed by atoms with Crippen molar-refractivity contribution >= 4 is 0 Å². The molecule has 0 heterocycles. The molecule has 0 aliphatic rings. The SMILES string of the molecule is CC(C)CC(N)(CCOCc1ccccc1)CNCCCc1ccccc1. The van der Waals surface area contributed by atoms with Gasteiger partial charge in [0.2, 0.25) is 0 Å². The Kier molecular flexibility index (Phi) is 9.54. The molecule has 0 spiro atoms. The summed E-state index contributed by atoms with van der Waals surface area (Å²) in [5, 5.41) is 3.58. The van der Waals surface area contributed by atoms with E-state index >= 15 is 0 Å². The van der Waals surface area contributed by atoms with Gasteiger partial charge in [0.05, 0.1) is 6.61 Å². The van der Waals surface area contributed by atoms with Crippen LogP contribution < -0.4 is 11.1 Å². The zero-order chi connectivity index (χ0) is 19.4. The molecule has 2 rings (SSSR count). The number of nitrogens with two attached hydrogens (primary N) is 1. The monoisotopic (exact) mass is 368 g/mol. The van der Waals surface area contributed by atoms with Crippen molar-refractivity contribution in [3.05, 3.63) is 71.8 Å². The highest BCUT2D eigenvalue weighted by Crippen LogP contribution is 2.18. The minimum absolute atomic E-state index is 0.211. The van der Waals surface area contributed by atoms with Crippen LogP contribution in [0.5, 0.6) is 0 Å². The van der Waals surface area contributed by atoms with Crippen LogP contribution in [0.15, 0.2) is 60.7 Å². The fourth-order valence-corrected chi connectivity index (χ4v) is 3.51. The van der Waals surface area contributed by atoms with E-state index < -0.39 is 0 Å². The molecule has 0 aliphatic carbocycles. The Labute approximate surface area is 165 Å². The van der Waals surface area contributed by atoms with Crippen LogP contribution in [0.2, 0.25) is 0 Å². The molecule has 3 N–H and O–H groups in total. The van der Waals surface area contributed by atoms with E-state index in [0.29, 0.717) is 19.1 Å². The lowest BCUT2D eigenvalue weighted by atomic mass is 9.87. The molecule has 3 nitrogen and oxygen atoms in total. The third kappa shape index (κ3) is 9.18. The molecule has 1 atom stereocenters. The Morgan fingerprint density at radius 2 is 1.59 bits per heavy atom. The molecule has 0 amide bonds. The number of benzene rings is 2. The van der Waals surface area contributed by atoms with Crippen molar-refractivity contribution in [3.63, 3.8) is 0 Å². The summed E-state index contributed by atoms with van der Waals surface area (Å²) in [5.74, 6) is 0.579. The summed E-state index contributed by atoms with van der Waals surface area (Å²) in [6, 6.07) is 21.0. The Hall–Kier alpha value is -1.68. The first-order valence-electron chi connectivity index (χ1n) is 10.2. The van der Waals surface area contributed by atoms with E-state index in [-0.39, 0.29) is 5.54 Å². The second-order valence-corrected chi connectivity index (χ2v) is 8.01. The number of nitrogens with one attached hydrogen (secondary N) is 1. The van der Waals surface area contributed by atoms with E-state index in [1.807, 2.05) is 18.2 Å². The summed E-state index contributed by atoms with van der Waals surface area (Å²) in [6.07, 6.45) is 4.12. The molecule has 0 saturated carbocycles. The Bertz CT molecular complexity index is 615. The Balaban J connectivity index is 1.68. The molecule has 148 valence electrons. The summed E-state index contributed by atoms with van der Waals surface area (Å²) < 4.78 is 5.87. The lowest BCUT2D eigenvalue weighted by Crippen LogP contribution is -2.50. The lowest BCUT2D eigenvalue weighted by molar-refractivity contribution is 0.0972. The largest absolute Gasteiger partial charge is 0.377 e. The van der Waals surface area contributed by atoms with Crippen LogP contribution in [0.3, 0.4) is 0 Å². The third-order valence-corrected chi connectivity index (χ3v) is 4.81. The highest BCUT2D eigenvalue weighted by molar-refractivity contribution is 5.14. The van der Waals surface area contributed by atoms with Crippen LogP contribution in [0.4, 0.5) is 0 Å². The molecule has 27 heavy (non-hydrogen) atoms. The average molecular weight is 369 g/mol. The highest BCUT2D eigenvalue weighted by Gasteiger charge is 2.25. The first-order valence-corrected chi connectivity index (χ1v) is 10.2. The van der Waals surface area contributed by atoms with Crippen molar-refractivity contribution in [1.29, 1.82) is 0 Å². The third-order valence-electron chi connectivity index (χ3n) is 4.81. The predicted molar refractivity (Wildman–Crippen MR) is 115 cm³/mol. The molecule has 0 fully saturated rings. The maximum atomic E-state index is 6.73. The molecule has 3 heteroatoms. The molecule has 1 unspecified atom stereocenters. The topological polar surface area (TPSA) is 47.3 Å². The maximum Gasteiger partial charge on any atom is 0.0716 e. The van der Waals surface area contributed by atoms with Crippen LogP contribution in [0.25, 0.3) is 0 Å². The van der Waals surface area contributed by atoms with Crippen molar-refractivity contribution in [2.24, 2.45) is 11.7 Å². The molecule has 0 aliphatic heterocycles. The number of ether oxygens (including phenoxy) is 1. The van der Waals surface area contributed by atoms with E-state index in [9.17, 15) is 0 Å². The molecular weight excluding hydrogens is 332 g/mol. The molecule has 0 aromatic heterocycles. The molecule has 0 saturated heterocycles. The molecule has 0 bridgehead atoms. The fourth-order valence-electron chi connectivity index (χ4n) is 3.51. The van der Waals surface area contributed by atoms with Crippen molar-refractivity contribution < 1.29 is 4.74 Å². The van der Waals surface area contributed by atoms with E-state index in [4.69, 9.17) is 10.5 Å². The van der Waals surface area contributed by atoms with Gasteiger partial charge in [-0.1, -0.05) is 74.5 Å². The van der Waals surface area contributed by atoms with Gasteiger partial charge in [-0.3, -0.25) is 0 Å². The van der Waals surface area contributed by atoms with Gasteiger partial charge in [0, 0.05) is 18.7 Å². The van der Waals surface area contributed by atoms with Gasteiger partial charge in [0.25, 0.3) is 0 Å². The fraction of sp³-hybridized carbons (Fsp3) is 0.500. The van der Waals surface area contributed by atoms with E-state index in [0.717, 1.165) is 38.8 Å². The second-order valence-electron chi connectivity index (χ2n) is 8.01. The zero-order valence-corrected chi connectivity index (χ0v) is 17.0. The van der Waals surface area contributed by atoms with Crippen LogP contribution in [0.1, 0.15) is 44.2 Å².